The summed E-state index contributed by atoms with van der Waals surface area (Å²) in [7, 11) is 0. The van der Waals surface area contributed by atoms with Crippen LogP contribution >= 0.6 is 0 Å². The lowest BCUT2D eigenvalue weighted by Crippen LogP contribution is -2.40. The van der Waals surface area contributed by atoms with Crippen molar-refractivity contribution in [3.05, 3.63) is 78.2 Å². The van der Waals surface area contributed by atoms with Gasteiger partial charge in [-0.2, -0.15) is 0 Å². The van der Waals surface area contributed by atoms with Crippen molar-refractivity contribution in [2.24, 2.45) is 0 Å². The van der Waals surface area contributed by atoms with Crippen molar-refractivity contribution in [1.82, 2.24) is 14.9 Å². The Bertz CT molecular complexity index is 952. The second-order valence-electron chi connectivity index (χ2n) is 7.18. The van der Waals surface area contributed by atoms with Gasteiger partial charge in [-0.05, 0) is 49.2 Å². The highest BCUT2D eigenvalue weighted by atomic mass is 16.5. The molecule has 6 nitrogen and oxygen atoms in total. The van der Waals surface area contributed by atoms with Crippen molar-refractivity contribution in [2.45, 2.75) is 25.6 Å². The maximum absolute atomic E-state index is 12.8. The van der Waals surface area contributed by atoms with Gasteiger partial charge in [0.25, 0.3) is 5.91 Å². The molecule has 6 heteroatoms. The standard InChI is InChI=1S/C23H24N4O2/c24-19-8-12-26-22(15-19)17-4-6-18(7-5-17)23(28)27-13-9-21(10-14-27)29-16-20-3-1-2-11-25-20/h1-8,11-12,15,21H,9-10,13-14,16H2,(H2,24,26). The fourth-order valence-corrected chi connectivity index (χ4v) is 3.48. The molecule has 0 saturated carbocycles. The van der Waals surface area contributed by atoms with Gasteiger partial charge >= 0.3 is 0 Å². The van der Waals surface area contributed by atoms with E-state index in [4.69, 9.17) is 10.5 Å². The molecule has 0 aliphatic carbocycles. The zero-order chi connectivity index (χ0) is 20.1. The highest BCUT2D eigenvalue weighted by Gasteiger charge is 2.24. The predicted octanol–water partition coefficient (Wildman–Crippen LogP) is 3.55. The number of hydrogen-bond acceptors (Lipinski definition) is 5. The minimum atomic E-state index is 0.0558. The van der Waals surface area contributed by atoms with Crippen molar-refractivity contribution in [3.8, 4) is 11.3 Å². The molecule has 1 amide bonds. The highest BCUT2D eigenvalue weighted by Crippen LogP contribution is 2.21. The van der Waals surface area contributed by atoms with E-state index in [0.717, 1.165) is 29.8 Å². The Hall–Kier alpha value is -3.25. The number of nitrogens with zero attached hydrogens (tertiary/aromatic N) is 3. The first kappa shape index (κ1) is 19.1. The molecule has 1 saturated heterocycles. The zero-order valence-electron chi connectivity index (χ0n) is 16.2. The molecule has 1 fully saturated rings. The summed E-state index contributed by atoms with van der Waals surface area (Å²) in [6, 6.07) is 16.9. The maximum atomic E-state index is 12.8. The maximum Gasteiger partial charge on any atom is 0.253 e. The Morgan fingerprint density at radius 2 is 1.83 bits per heavy atom. The summed E-state index contributed by atoms with van der Waals surface area (Å²) in [4.78, 5) is 23.3. The predicted molar refractivity (Wildman–Crippen MR) is 112 cm³/mol. The normalized spacial score (nSPS) is 14.7. The number of aromatic nitrogens is 2. The number of piperidine rings is 1. The van der Waals surface area contributed by atoms with Gasteiger partial charge in [-0.15, -0.1) is 0 Å². The zero-order valence-corrected chi connectivity index (χ0v) is 16.2. The van der Waals surface area contributed by atoms with Crippen molar-refractivity contribution >= 4 is 11.6 Å². The molecule has 1 aromatic carbocycles. The Morgan fingerprint density at radius 1 is 1.03 bits per heavy atom. The topological polar surface area (TPSA) is 81.3 Å². The molecular formula is C23H24N4O2. The highest BCUT2D eigenvalue weighted by molar-refractivity contribution is 5.94. The average molecular weight is 388 g/mol. The number of rotatable bonds is 5. The third kappa shape index (κ3) is 4.78. The first-order chi connectivity index (χ1) is 14.2. The summed E-state index contributed by atoms with van der Waals surface area (Å²) in [5, 5.41) is 0. The van der Waals surface area contributed by atoms with Crippen molar-refractivity contribution in [2.75, 3.05) is 18.8 Å². The molecule has 148 valence electrons. The van der Waals surface area contributed by atoms with Gasteiger partial charge in [0.2, 0.25) is 0 Å². The number of nitrogen functional groups attached to an aromatic ring is 1. The number of likely N-dealkylation sites (tertiary alicyclic amines) is 1. The van der Waals surface area contributed by atoms with Crippen LogP contribution in [0.25, 0.3) is 11.3 Å². The summed E-state index contributed by atoms with van der Waals surface area (Å²) >= 11 is 0. The number of anilines is 1. The largest absolute Gasteiger partial charge is 0.399 e. The van der Waals surface area contributed by atoms with E-state index in [1.54, 1.807) is 18.5 Å². The number of ether oxygens (including phenoxy) is 1. The third-order valence-corrected chi connectivity index (χ3v) is 5.13. The smallest absolute Gasteiger partial charge is 0.253 e. The molecule has 2 aromatic heterocycles. The summed E-state index contributed by atoms with van der Waals surface area (Å²) < 4.78 is 5.96. The van der Waals surface area contributed by atoms with Crippen molar-refractivity contribution in [1.29, 1.82) is 0 Å². The van der Waals surface area contributed by atoms with E-state index >= 15 is 0 Å². The van der Waals surface area contributed by atoms with Gasteiger partial charge in [-0.25, -0.2) is 0 Å². The van der Waals surface area contributed by atoms with Crippen LogP contribution in [0.4, 0.5) is 5.69 Å². The molecule has 0 unspecified atom stereocenters. The monoisotopic (exact) mass is 388 g/mol. The van der Waals surface area contributed by atoms with Crippen LogP contribution in [0.5, 0.6) is 0 Å². The Balaban J connectivity index is 1.31. The van der Waals surface area contributed by atoms with Crippen LogP contribution in [0.15, 0.2) is 67.0 Å². The van der Waals surface area contributed by atoms with Crippen LogP contribution in [-0.2, 0) is 11.3 Å². The summed E-state index contributed by atoms with van der Waals surface area (Å²) in [6.45, 7) is 1.91. The number of carbonyl (C=O) groups is 1. The lowest BCUT2D eigenvalue weighted by molar-refractivity contribution is -0.00160. The second-order valence-corrected chi connectivity index (χ2v) is 7.18. The van der Waals surface area contributed by atoms with E-state index in [2.05, 4.69) is 9.97 Å². The van der Waals surface area contributed by atoms with Crippen LogP contribution in [0.3, 0.4) is 0 Å². The minimum absolute atomic E-state index is 0.0558. The van der Waals surface area contributed by atoms with Gasteiger partial charge < -0.3 is 15.4 Å². The quantitative estimate of drug-likeness (QED) is 0.723. The Morgan fingerprint density at radius 3 is 2.52 bits per heavy atom. The molecule has 0 atom stereocenters. The number of hydrogen-bond donors (Lipinski definition) is 1. The van der Waals surface area contributed by atoms with E-state index in [-0.39, 0.29) is 12.0 Å². The first-order valence-electron chi connectivity index (χ1n) is 9.82. The van der Waals surface area contributed by atoms with E-state index < -0.39 is 0 Å². The van der Waals surface area contributed by atoms with Crippen molar-refractivity contribution in [3.63, 3.8) is 0 Å². The molecule has 3 aromatic rings. The van der Waals surface area contributed by atoms with E-state index in [9.17, 15) is 4.79 Å². The third-order valence-electron chi connectivity index (χ3n) is 5.13. The summed E-state index contributed by atoms with van der Waals surface area (Å²) in [6.07, 6.45) is 5.30. The Kier molecular flexibility index (Phi) is 5.81. The van der Waals surface area contributed by atoms with Gasteiger partial charge in [0.15, 0.2) is 0 Å². The van der Waals surface area contributed by atoms with Crippen molar-refractivity contribution < 1.29 is 9.53 Å². The molecule has 2 N–H and O–H groups in total. The van der Waals surface area contributed by atoms with Crippen LogP contribution < -0.4 is 5.73 Å². The number of amides is 1. The molecule has 1 aliphatic heterocycles. The molecule has 29 heavy (non-hydrogen) atoms. The summed E-state index contributed by atoms with van der Waals surface area (Å²) in [5.74, 6) is 0.0558. The fourth-order valence-electron chi connectivity index (χ4n) is 3.48. The Labute approximate surface area is 170 Å². The van der Waals surface area contributed by atoms with Gasteiger partial charge in [-0.1, -0.05) is 18.2 Å². The van der Waals surface area contributed by atoms with Crippen LogP contribution in [0.1, 0.15) is 28.9 Å². The van der Waals surface area contributed by atoms with Crippen LogP contribution in [0, 0.1) is 0 Å². The minimum Gasteiger partial charge on any atom is -0.399 e. The number of carbonyl (C=O) groups excluding carboxylic acids is 1. The molecule has 3 heterocycles. The van der Waals surface area contributed by atoms with Crippen LogP contribution in [-0.4, -0.2) is 40.0 Å². The average Bonchev–Trinajstić information content (AvgIpc) is 2.78. The number of benzene rings is 1. The number of pyridine rings is 2. The van der Waals surface area contributed by atoms with E-state index in [0.29, 0.717) is 30.9 Å². The van der Waals surface area contributed by atoms with Gasteiger partial charge in [-0.3, -0.25) is 14.8 Å². The van der Waals surface area contributed by atoms with Gasteiger partial charge in [0.05, 0.1) is 24.1 Å². The second kappa shape index (κ2) is 8.84. The fraction of sp³-hybridized carbons (Fsp3) is 0.261. The van der Waals surface area contributed by atoms with Gasteiger partial charge in [0, 0.05) is 42.3 Å². The lowest BCUT2D eigenvalue weighted by Gasteiger charge is -2.32. The van der Waals surface area contributed by atoms with Gasteiger partial charge in [0.1, 0.15) is 0 Å². The van der Waals surface area contributed by atoms with E-state index in [1.807, 2.05) is 53.4 Å². The molecule has 0 radical (unpaired) electrons. The molecular weight excluding hydrogens is 364 g/mol. The molecule has 1 aliphatic rings. The van der Waals surface area contributed by atoms with E-state index in [1.165, 1.54) is 0 Å². The first-order valence-corrected chi connectivity index (χ1v) is 9.82. The lowest BCUT2D eigenvalue weighted by atomic mass is 10.0. The molecule has 4 rings (SSSR count). The SMILES string of the molecule is Nc1ccnc(-c2ccc(C(=O)N3CCC(OCc4ccccn4)CC3)cc2)c1. The summed E-state index contributed by atoms with van der Waals surface area (Å²) in [5.41, 5.74) is 9.85. The van der Waals surface area contributed by atoms with Crippen LogP contribution in [0.2, 0.25) is 0 Å². The molecule has 0 spiro atoms. The number of nitrogens with two attached hydrogens (primary N) is 1. The molecule has 0 bridgehead atoms.